The van der Waals surface area contributed by atoms with E-state index in [9.17, 15) is 0 Å². The van der Waals surface area contributed by atoms with Crippen molar-refractivity contribution >= 4 is 0 Å². The molecule has 0 aliphatic carbocycles. The van der Waals surface area contributed by atoms with Crippen molar-refractivity contribution in [2.45, 2.75) is 20.0 Å². The molecule has 0 atom stereocenters. The summed E-state index contributed by atoms with van der Waals surface area (Å²) < 4.78 is 0. The summed E-state index contributed by atoms with van der Waals surface area (Å²) in [6, 6.07) is 0. The maximum Gasteiger partial charge on any atom is 0.0906 e. The molecule has 3 heteroatoms. The summed E-state index contributed by atoms with van der Waals surface area (Å²) >= 11 is 0. The molecule has 0 aliphatic heterocycles. The minimum Gasteiger partial charge on any atom is -0.394 e. The van der Waals surface area contributed by atoms with Gasteiger partial charge in [0.25, 0.3) is 0 Å². The molecule has 3 nitrogen and oxygen atoms in total. The molecular weight excluding hydrogens is 94.0 g/mol. The lowest BCUT2D eigenvalue weighted by Gasteiger charge is -1.80. The molecule has 4 N–H and O–H groups in total. The van der Waals surface area contributed by atoms with E-state index in [2.05, 4.69) is 5.73 Å². The van der Waals surface area contributed by atoms with Gasteiger partial charge in [-0.05, 0) is 13.8 Å². The van der Waals surface area contributed by atoms with E-state index in [4.69, 9.17) is 10.2 Å². The smallest absolute Gasteiger partial charge is 0.0906 e. The van der Waals surface area contributed by atoms with Crippen LogP contribution in [0, 0.1) is 0 Å². The third kappa shape index (κ3) is 6150. The van der Waals surface area contributed by atoms with Crippen LogP contribution in [-0.4, -0.2) is 23.0 Å². The minimum absolute atomic E-state index is 0.167. The first-order valence-electron chi connectivity index (χ1n) is 2.14. The quantitative estimate of drug-likeness (QED) is 0.358. The van der Waals surface area contributed by atoms with Gasteiger partial charge in [-0.1, -0.05) is 0 Å². The van der Waals surface area contributed by atoms with Crippen LogP contribution in [0.4, 0.5) is 0 Å². The lowest BCUT2D eigenvalue weighted by molar-refractivity contribution is 0.216. The number of rotatable bonds is 0. The average Bonchev–Trinajstić information content (AvgIpc) is 1.33. The van der Waals surface area contributed by atoms with E-state index in [-0.39, 0.29) is 12.8 Å². The first-order chi connectivity index (χ1) is 3.15. The zero-order chi connectivity index (χ0) is 6.28. The van der Waals surface area contributed by atoms with Gasteiger partial charge in [-0.3, -0.25) is 0 Å². The van der Waals surface area contributed by atoms with Crippen molar-refractivity contribution in [3.05, 3.63) is 0 Å². The largest absolute Gasteiger partial charge is 0.394 e. The Labute approximate surface area is 43.8 Å². The van der Waals surface area contributed by atoms with Gasteiger partial charge in [-0.2, -0.15) is 0 Å². The zero-order valence-corrected chi connectivity index (χ0v) is 4.76. The van der Waals surface area contributed by atoms with Gasteiger partial charge in [0.15, 0.2) is 0 Å². The van der Waals surface area contributed by atoms with E-state index in [1.807, 2.05) is 0 Å². The third-order valence-electron chi connectivity index (χ3n) is 0. The van der Waals surface area contributed by atoms with Crippen LogP contribution in [0.3, 0.4) is 0 Å². The second-order valence-corrected chi connectivity index (χ2v) is 1.28. The molecular formula is C4H13NO2. The normalized spacial score (nSPS) is 7.71. The van der Waals surface area contributed by atoms with Crippen LogP contribution in [0.2, 0.25) is 0 Å². The first kappa shape index (κ1) is 9.99. The molecule has 0 aliphatic rings. The van der Waals surface area contributed by atoms with Gasteiger partial charge in [0.2, 0.25) is 0 Å². The Kier molecular flexibility index (Phi) is 13.3. The molecule has 46 valence electrons. The van der Waals surface area contributed by atoms with Crippen molar-refractivity contribution in [3.8, 4) is 0 Å². The molecule has 0 unspecified atom stereocenters. The van der Waals surface area contributed by atoms with Crippen LogP contribution in [0.5, 0.6) is 0 Å². The highest BCUT2D eigenvalue weighted by atomic mass is 16.3. The molecule has 0 spiro atoms. The number of aliphatic hydroxyl groups excluding tert-OH is 2. The van der Waals surface area contributed by atoms with Gasteiger partial charge < -0.3 is 15.9 Å². The molecule has 0 rings (SSSR count). The second kappa shape index (κ2) is 9.30. The molecule has 0 aromatic carbocycles. The van der Waals surface area contributed by atoms with E-state index in [1.165, 1.54) is 0 Å². The number of hydrogen-bond donors (Lipinski definition) is 3. The molecule has 0 aromatic rings. The minimum atomic E-state index is -0.250. The number of hydrogen-bond acceptors (Lipinski definition) is 3. The zero-order valence-electron chi connectivity index (χ0n) is 4.76. The summed E-state index contributed by atoms with van der Waals surface area (Å²) in [5.74, 6) is 0. The van der Waals surface area contributed by atoms with Crippen molar-refractivity contribution in [2.24, 2.45) is 5.73 Å². The molecule has 0 radical (unpaired) electrons. The Hall–Kier alpha value is -0.120. The Morgan fingerprint density at radius 1 is 1.57 bits per heavy atom. The van der Waals surface area contributed by atoms with Gasteiger partial charge >= 0.3 is 0 Å². The van der Waals surface area contributed by atoms with Gasteiger partial charge in [0, 0.05) is 6.10 Å². The fraction of sp³-hybridized carbons (Fsp3) is 1.00. The van der Waals surface area contributed by atoms with Gasteiger partial charge in [-0.15, -0.1) is 0 Å². The first-order valence-corrected chi connectivity index (χ1v) is 2.14. The molecule has 0 fully saturated rings. The Balaban J connectivity index is 0. The topological polar surface area (TPSA) is 66.5 Å². The van der Waals surface area contributed by atoms with Crippen molar-refractivity contribution < 1.29 is 10.2 Å². The van der Waals surface area contributed by atoms with Crippen LogP contribution in [0.1, 0.15) is 13.8 Å². The fourth-order valence-electron chi connectivity index (χ4n) is 0. The van der Waals surface area contributed by atoms with E-state index in [0.29, 0.717) is 0 Å². The van der Waals surface area contributed by atoms with E-state index < -0.39 is 0 Å². The SMILES string of the molecule is CC(C)O.NCO. The highest BCUT2D eigenvalue weighted by molar-refractivity contribution is 4.20. The van der Waals surface area contributed by atoms with E-state index in [1.54, 1.807) is 13.8 Å². The summed E-state index contributed by atoms with van der Waals surface area (Å²) in [7, 11) is 0. The van der Waals surface area contributed by atoms with Crippen molar-refractivity contribution in [3.63, 3.8) is 0 Å². The van der Waals surface area contributed by atoms with Crippen LogP contribution in [0.15, 0.2) is 0 Å². The van der Waals surface area contributed by atoms with Gasteiger partial charge in [-0.25, -0.2) is 0 Å². The molecule has 0 saturated heterocycles. The molecule has 0 aromatic heterocycles. The van der Waals surface area contributed by atoms with Gasteiger partial charge in [0.05, 0.1) is 6.73 Å². The lowest BCUT2D eigenvalue weighted by atomic mass is 10.5. The fourth-order valence-corrected chi connectivity index (χ4v) is 0. The molecule has 0 saturated carbocycles. The summed E-state index contributed by atoms with van der Waals surface area (Å²) in [5.41, 5.74) is 4.40. The van der Waals surface area contributed by atoms with Crippen LogP contribution < -0.4 is 5.73 Å². The Morgan fingerprint density at radius 3 is 1.57 bits per heavy atom. The van der Waals surface area contributed by atoms with Crippen molar-refractivity contribution in [1.29, 1.82) is 0 Å². The monoisotopic (exact) mass is 107 g/mol. The number of aliphatic hydroxyl groups is 2. The lowest BCUT2D eigenvalue weighted by Crippen LogP contribution is -1.92. The molecule has 0 amide bonds. The highest BCUT2D eigenvalue weighted by Crippen LogP contribution is 1.65. The van der Waals surface area contributed by atoms with Gasteiger partial charge in [0.1, 0.15) is 0 Å². The second-order valence-electron chi connectivity index (χ2n) is 1.28. The van der Waals surface area contributed by atoms with Crippen LogP contribution >= 0.6 is 0 Å². The molecule has 7 heavy (non-hydrogen) atoms. The standard InChI is InChI=1S/C3H8O.CH5NO/c1-3(2)4;2-1-3/h3-4H,1-2H3;3H,1-2H2. The number of nitrogens with two attached hydrogens (primary N) is 1. The van der Waals surface area contributed by atoms with E-state index >= 15 is 0 Å². The maximum atomic E-state index is 8.06. The summed E-state index contributed by atoms with van der Waals surface area (Å²) in [4.78, 5) is 0. The Bertz CT molecular complexity index is 20.9. The van der Waals surface area contributed by atoms with Crippen LogP contribution in [0.25, 0.3) is 0 Å². The maximum absolute atomic E-state index is 8.06. The Morgan fingerprint density at radius 2 is 1.57 bits per heavy atom. The van der Waals surface area contributed by atoms with Crippen molar-refractivity contribution in [2.75, 3.05) is 6.73 Å². The summed E-state index contributed by atoms with van der Waals surface area (Å²) in [6.45, 7) is 3.19. The third-order valence-corrected chi connectivity index (χ3v) is 0. The summed E-state index contributed by atoms with van der Waals surface area (Å²) in [6.07, 6.45) is -0.167. The predicted octanol–water partition coefficient (Wildman–Crippen LogP) is -0.718. The predicted molar refractivity (Wildman–Crippen MR) is 28.6 cm³/mol. The average molecular weight is 107 g/mol. The highest BCUT2D eigenvalue weighted by Gasteiger charge is 1.69. The van der Waals surface area contributed by atoms with Crippen LogP contribution in [-0.2, 0) is 0 Å². The molecule has 0 heterocycles. The summed E-state index contributed by atoms with van der Waals surface area (Å²) in [5, 5.41) is 15.4. The van der Waals surface area contributed by atoms with E-state index in [0.717, 1.165) is 0 Å². The molecule has 0 bridgehead atoms. The van der Waals surface area contributed by atoms with Crippen molar-refractivity contribution in [1.82, 2.24) is 0 Å².